The first-order valence-electron chi connectivity index (χ1n) is 8.77. The summed E-state index contributed by atoms with van der Waals surface area (Å²) in [5, 5.41) is 4.61. The van der Waals surface area contributed by atoms with Crippen LogP contribution >= 0.6 is 11.3 Å². The van der Waals surface area contributed by atoms with Gasteiger partial charge in [-0.2, -0.15) is 0 Å². The van der Waals surface area contributed by atoms with E-state index in [1.165, 1.54) is 4.88 Å². The van der Waals surface area contributed by atoms with Crippen LogP contribution in [-0.4, -0.2) is 32.6 Å². The Morgan fingerprint density at radius 3 is 2.69 bits per heavy atom. The summed E-state index contributed by atoms with van der Waals surface area (Å²) in [6.45, 7) is 1.95. The number of hydrogen-bond acceptors (Lipinski definition) is 5. The molecule has 1 aliphatic rings. The smallest absolute Gasteiger partial charge is 0.339 e. The molecule has 5 nitrogen and oxygen atoms in total. The van der Waals surface area contributed by atoms with E-state index >= 15 is 0 Å². The standard InChI is InChI=1S/C20H24N2O3S/c1-13-4-9-16-17(12-26-18(16)10-13)20(24)25-11-19(23)21-14-5-7-15(8-6-14)22(2)3/h5-8,12-13H,4,9-11H2,1-3H3,(H,21,23). The molecule has 2 aromatic rings. The molecule has 26 heavy (non-hydrogen) atoms. The molecule has 1 atom stereocenters. The van der Waals surface area contributed by atoms with Crippen molar-refractivity contribution in [1.29, 1.82) is 0 Å². The Balaban J connectivity index is 1.54. The molecular formula is C20H24N2O3S. The van der Waals surface area contributed by atoms with Crippen LogP contribution in [0.3, 0.4) is 0 Å². The first-order valence-corrected chi connectivity index (χ1v) is 9.65. The minimum atomic E-state index is -0.407. The molecule has 0 saturated heterocycles. The van der Waals surface area contributed by atoms with Crippen LogP contribution in [0.4, 0.5) is 11.4 Å². The zero-order chi connectivity index (χ0) is 18.7. The number of fused-ring (bicyclic) bond motifs is 1. The average molecular weight is 372 g/mol. The fourth-order valence-corrected chi connectivity index (χ4v) is 4.33. The molecule has 0 bridgehead atoms. The Morgan fingerprint density at radius 1 is 1.27 bits per heavy atom. The van der Waals surface area contributed by atoms with E-state index in [1.54, 1.807) is 11.3 Å². The number of ether oxygens (including phenoxy) is 1. The van der Waals surface area contributed by atoms with Crippen molar-refractivity contribution in [3.8, 4) is 0 Å². The van der Waals surface area contributed by atoms with Gasteiger partial charge in [-0.15, -0.1) is 11.3 Å². The van der Waals surface area contributed by atoms with Crippen LogP contribution in [-0.2, 0) is 22.4 Å². The van der Waals surface area contributed by atoms with Crippen LogP contribution in [0.15, 0.2) is 29.6 Å². The first kappa shape index (κ1) is 18.5. The summed E-state index contributed by atoms with van der Waals surface area (Å²) < 4.78 is 5.22. The molecule has 0 saturated carbocycles. The fraction of sp³-hybridized carbons (Fsp3) is 0.400. The van der Waals surface area contributed by atoms with Gasteiger partial charge >= 0.3 is 5.97 Å². The summed E-state index contributed by atoms with van der Waals surface area (Å²) in [6.07, 6.45) is 3.03. The Bertz CT molecular complexity index is 796. The minimum Gasteiger partial charge on any atom is -0.452 e. The lowest BCUT2D eigenvalue weighted by atomic mass is 9.88. The molecule has 0 fully saturated rings. The minimum absolute atomic E-state index is 0.282. The average Bonchev–Trinajstić information content (AvgIpc) is 3.03. The van der Waals surface area contributed by atoms with Crippen LogP contribution in [0.5, 0.6) is 0 Å². The number of benzene rings is 1. The summed E-state index contributed by atoms with van der Waals surface area (Å²) in [5.41, 5.74) is 3.46. The number of anilines is 2. The van der Waals surface area contributed by atoms with Gasteiger partial charge in [0.2, 0.25) is 0 Å². The monoisotopic (exact) mass is 372 g/mol. The highest BCUT2D eigenvalue weighted by Crippen LogP contribution is 2.33. The van der Waals surface area contributed by atoms with Crippen LogP contribution < -0.4 is 10.2 Å². The highest BCUT2D eigenvalue weighted by molar-refractivity contribution is 7.10. The summed E-state index contributed by atoms with van der Waals surface area (Å²) in [7, 11) is 3.91. The van der Waals surface area contributed by atoms with Gasteiger partial charge < -0.3 is 15.0 Å². The van der Waals surface area contributed by atoms with Gasteiger partial charge in [0.15, 0.2) is 6.61 Å². The van der Waals surface area contributed by atoms with Crippen molar-refractivity contribution in [2.75, 3.05) is 30.9 Å². The van der Waals surface area contributed by atoms with Crippen molar-refractivity contribution >= 4 is 34.6 Å². The summed E-state index contributed by atoms with van der Waals surface area (Å²) >= 11 is 1.62. The first-order chi connectivity index (χ1) is 12.4. The van der Waals surface area contributed by atoms with E-state index in [-0.39, 0.29) is 12.5 Å². The molecule has 1 heterocycles. The third-order valence-electron chi connectivity index (χ3n) is 4.62. The highest BCUT2D eigenvalue weighted by atomic mass is 32.1. The summed E-state index contributed by atoms with van der Waals surface area (Å²) in [4.78, 5) is 27.6. The number of amides is 1. The largest absolute Gasteiger partial charge is 0.452 e. The summed E-state index contributed by atoms with van der Waals surface area (Å²) in [5.74, 6) is -0.0847. The van der Waals surface area contributed by atoms with Crippen molar-refractivity contribution in [2.45, 2.75) is 26.2 Å². The molecule has 1 amide bonds. The lowest BCUT2D eigenvalue weighted by molar-refractivity contribution is -0.119. The molecule has 0 aliphatic heterocycles. The number of hydrogen-bond donors (Lipinski definition) is 1. The van der Waals surface area contributed by atoms with Gasteiger partial charge in [0.25, 0.3) is 5.91 Å². The van der Waals surface area contributed by atoms with Gasteiger partial charge in [-0.25, -0.2) is 4.79 Å². The molecule has 1 aromatic carbocycles. The molecule has 1 unspecified atom stereocenters. The van der Waals surface area contributed by atoms with Crippen LogP contribution in [0.25, 0.3) is 0 Å². The van der Waals surface area contributed by atoms with Crippen LogP contribution in [0.1, 0.15) is 34.1 Å². The Hall–Kier alpha value is -2.34. The molecule has 1 aromatic heterocycles. The molecular weight excluding hydrogens is 348 g/mol. The van der Waals surface area contributed by atoms with Crippen molar-refractivity contribution in [3.63, 3.8) is 0 Å². The van der Waals surface area contributed by atoms with Crippen molar-refractivity contribution < 1.29 is 14.3 Å². The van der Waals surface area contributed by atoms with Crippen molar-refractivity contribution in [3.05, 3.63) is 45.6 Å². The van der Waals surface area contributed by atoms with Gasteiger partial charge in [-0.3, -0.25) is 4.79 Å². The molecule has 1 N–H and O–H groups in total. The van der Waals surface area contributed by atoms with E-state index < -0.39 is 5.97 Å². The van der Waals surface area contributed by atoms with Crippen LogP contribution in [0, 0.1) is 5.92 Å². The number of carbonyl (C=O) groups excluding carboxylic acids is 2. The third-order valence-corrected chi connectivity index (χ3v) is 5.67. The van der Waals surface area contributed by atoms with Gasteiger partial charge in [0.05, 0.1) is 5.56 Å². The number of rotatable bonds is 5. The Labute approximate surface area is 158 Å². The lowest BCUT2D eigenvalue weighted by Crippen LogP contribution is -2.21. The second-order valence-electron chi connectivity index (χ2n) is 6.96. The number of carbonyl (C=O) groups is 2. The van der Waals surface area contributed by atoms with Gasteiger partial charge in [-0.1, -0.05) is 6.92 Å². The lowest BCUT2D eigenvalue weighted by Gasteiger charge is -2.18. The van der Waals surface area contributed by atoms with E-state index in [2.05, 4.69) is 12.2 Å². The third kappa shape index (κ3) is 4.25. The van der Waals surface area contributed by atoms with E-state index in [0.29, 0.717) is 17.2 Å². The second kappa shape index (κ2) is 7.91. The maximum atomic E-state index is 12.3. The predicted octanol–water partition coefficient (Wildman–Crippen LogP) is 3.73. The van der Waals surface area contributed by atoms with E-state index in [9.17, 15) is 9.59 Å². The quantitative estimate of drug-likeness (QED) is 0.813. The normalized spacial score (nSPS) is 15.9. The van der Waals surface area contributed by atoms with Crippen molar-refractivity contribution in [1.82, 2.24) is 0 Å². The van der Waals surface area contributed by atoms with Gasteiger partial charge in [-0.05, 0) is 55.0 Å². The molecule has 1 aliphatic carbocycles. The van der Waals surface area contributed by atoms with Crippen LogP contribution in [0.2, 0.25) is 0 Å². The predicted molar refractivity (Wildman–Crippen MR) is 105 cm³/mol. The Morgan fingerprint density at radius 2 is 2.00 bits per heavy atom. The van der Waals surface area contributed by atoms with Crippen molar-refractivity contribution in [2.24, 2.45) is 5.92 Å². The number of esters is 1. The van der Waals surface area contributed by atoms with E-state index in [4.69, 9.17) is 4.74 Å². The zero-order valence-electron chi connectivity index (χ0n) is 15.4. The number of thiophene rings is 1. The molecule has 0 spiro atoms. The Kier molecular flexibility index (Phi) is 5.61. The zero-order valence-corrected chi connectivity index (χ0v) is 16.2. The van der Waals surface area contributed by atoms with E-state index in [0.717, 1.165) is 30.5 Å². The summed E-state index contributed by atoms with van der Waals surface area (Å²) in [6, 6.07) is 7.48. The molecule has 138 valence electrons. The van der Waals surface area contributed by atoms with E-state index in [1.807, 2.05) is 48.6 Å². The number of nitrogens with one attached hydrogen (secondary N) is 1. The fourth-order valence-electron chi connectivity index (χ4n) is 3.10. The van der Waals surface area contributed by atoms with Gasteiger partial charge in [0, 0.05) is 35.7 Å². The SMILES string of the molecule is CC1CCc2c(C(=O)OCC(=O)Nc3ccc(N(C)C)cc3)csc2C1. The maximum Gasteiger partial charge on any atom is 0.339 e. The maximum absolute atomic E-state index is 12.3. The molecule has 3 rings (SSSR count). The highest BCUT2D eigenvalue weighted by Gasteiger charge is 2.24. The second-order valence-corrected chi connectivity index (χ2v) is 7.93. The molecule has 6 heteroatoms. The van der Waals surface area contributed by atoms with Gasteiger partial charge in [0.1, 0.15) is 0 Å². The molecule has 0 radical (unpaired) electrons. The topological polar surface area (TPSA) is 58.6 Å². The number of nitrogens with zero attached hydrogens (tertiary/aromatic N) is 1.